The Morgan fingerprint density at radius 3 is 2.62 bits per heavy atom. The van der Waals surface area contributed by atoms with Gasteiger partial charge in [0.2, 0.25) is 0 Å². The second kappa shape index (κ2) is 9.78. The molecule has 8 heteroatoms. The first kappa shape index (κ1) is 29.0. The molecule has 1 saturated heterocycles. The highest BCUT2D eigenvalue weighted by Crippen LogP contribution is 2.75. The Kier molecular flexibility index (Phi) is 7.27. The van der Waals surface area contributed by atoms with E-state index in [0.717, 1.165) is 17.3 Å². The molecule has 0 radical (unpaired) electrons. The maximum absolute atomic E-state index is 17.5. The number of hydrogen-bond acceptors (Lipinski definition) is 5. The summed E-state index contributed by atoms with van der Waals surface area (Å²) in [5.74, 6) is -1.44. The molecule has 0 spiro atoms. The standard InChI is InChI=1S/C30H34ClF2NO3S.CH4/c1-27-9-8-20(35)11-23(27)24(32)12-22-21-10-19-15-34(14-18-6-4-3-5-7-18)16-29(19,26(37)38-17-31)28(21,2)13-25(36)30(22,27)33;/h3-9,11,19,21-22,24-25,36H,10,12-17H2,1-2H3;1H4/t19-,21?,22-,24-,25-,27-,28-,29+,30-;/m0./s1. The van der Waals surface area contributed by atoms with E-state index in [1.807, 2.05) is 25.1 Å². The van der Waals surface area contributed by atoms with Crippen LogP contribution in [-0.2, 0) is 16.1 Å². The van der Waals surface area contributed by atoms with E-state index in [1.165, 1.54) is 18.2 Å². The lowest BCUT2D eigenvalue weighted by atomic mass is 9.43. The highest BCUT2D eigenvalue weighted by molar-refractivity contribution is 8.14. The molecule has 4 aliphatic carbocycles. The van der Waals surface area contributed by atoms with Crippen molar-refractivity contribution in [3.8, 4) is 0 Å². The molecule has 0 aromatic heterocycles. The topological polar surface area (TPSA) is 57.6 Å². The van der Waals surface area contributed by atoms with Gasteiger partial charge >= 0.3 is 0 Å². The first-order chi connectivity index (χ1) is 18.0. The fourth-order valence-electron chi connectivity index (χ4n) is 9.35. The Labute approximate surface area is 239 Å². The van der Waals surface area contributed by atoms with E-state index in [0.29, 0.717) is 26.1 Å². The van der Waals surface area contributed by atoms with Crippen LogP contribution in [0.4, 0.5) is 8.78 Å². The van der Waals surface area contributed by atoms with Gasteiger partial charge in [0.15, 0.2) is 16.6 Å². The molecule has 39 heavy (non-hydrogen) atoms. The monoisotopic (exact) mass is 577 g/mol. The van der Waals surface area contributed by atoms with E-state index in [4.69, 9.17) is 11.6 Å². The largest absolute Gasteiger partial charge is 0.390 e. The van der Waals surface area contributed by atoms with E-state index in [-0.39, 0.29) is 53.8 Å². The van der Waals surface area contributed by atoms with Gasteiger partial charge in [0.1, 0.15) is 6.17 Å². The van der Waals surface area contributed by atoms with Crippen LogP contribution in [0.25, 0.3) is 0 Å². The number of benzene rings is 1. The van der Waals surface area contributed by atoms with E-state index in [1.54, 1.807) is 6.92 Å². The zero-order chi connectivity index (χ0) is 27.1. The van der Waals surface area contributed by atoms with Crippen molar-refractivity contribution >= 4 is 34.3 Å². The molecule has 0 amide bonds. The predicted molar refractivity (Wildman–Crippen MR) is 152 cm³/mol. The Morgan fingerprint density at radius 2 is 1.92 bits per heavy atom. The third kappa shape index (κ3) is 3.75. The molecule has 5 aliphatic rings. The van der Waals surface area contributed by atoms with Crippen molar-refractivity contribution in [2.24, 2.45) is 34.0 Å². The fraction of sp³-hybridized carbons (Fsp3) is 0.613. The smallest absolute Gasteiger partial charge is 0.198 e. The minimum absolute atomic E-state index is 0. The molecule has 6 rings (SSSR count). The van der Waals surface area contributed by atoms with Crippen LogP contribution >= 0.6 is 23.4 Å². The molecular weight excluding hydrogens is 540 g/mol. The number of likely N-dealkylation sites (tertiary alicyclic amines) is 1. The molecule has 1 aliphatic heterocycles. The number of thioether (sulfide) groups is 1. The van der Waals surface area contributed by atoms with Gasteiger partial charge in [-0.1, -0.05) is 62.5 Å². The molecule has 212 valence electrons. The van der Waals surface area contributed by atoms with Crippen LogP contribution in [0.3, 0.4) is 0 Å². The first-order valence-corrected chi connectivity index (χ1v) is 15.0. The van der Waals surface area contributed by atoms with Gasteiger partial charge in [0.25, 0.3) is 0 Å². The number of alkyl halides is 3. The maximum Gasteiger partial charge on any atom is 0.198 e. The molecule has 4 fully saturated rings. The molecule has 3 saturated carbocycles. The zero-order valence-corrected chi connectivity index (χ0v) is 23.3. The number of allylic oxidation sites excluding steroid dienone is 4. The van der Waals surface area contributed by atoms with Gasteiger partial charge in [-0.15, -0.1) is 11.6 Å². The second-order valence-electron chi connectivity index (χ2n) is 12.5. The summed E-state index contributed by atoms with van der Waals surface area (Å²) >= 11 is 7.16. The number of carbonyl (C=O) groups is 2. The van der Waals surface area contributed by atoms with Gasteiger partial charge in [-0.3, -0.25) is 14.5 Å². The molecule has 9 atom stereocenters. The number of aliphatic hydroxyl groups excluding tert-OH is 1. The van der Waals surface area contributed by atoms with Crippen LogP contribution in [0, 0.1) is 34.0 Å². The van der Waals surface area contributed by atoms with Crippen LogP contribution in [0.1, 0.15) is 46.1 Å². The van der Waals surface area contributed by atoms with Gasteiger partial charge in [-0.2, -0.15) is 0 Å². The second-order valence-corrected chi connectivity index (χ2v) is 14.0. The summed E-state index contributed by atoms with van der Waals surface area (Å²) < 4.78 is 33.3. The van der Waals surface area contributed by atoms with Gasteiger partial charge in [-0.25, -0.2) is 8.78 Å². The van der Waals surface area contributed by atoms with Crippen molar-refractivity contribution in [1.82, 2.24) is 4.90 Å². The maximum atomic E-state index is 17.5. The van der Waals surface area contributed by atoms with Gasteiger partial charge in [0, 0.05) is 31.0 Å². The fourth-order valence-corrected chi connectivity index (χ4v) is 10.5. The Bertz CT molecular complexity index is 1230. The molecule has 1 unspecified atom stereocenters. The summed E-state index contributed by atoms with van der Waals surface area (Å²) in [5.41, 5.74) is -3.79. The molecule has 1 heterocycles. The summed E-state index contributed by atoms with van der Waals surface area (Å²) in [4.78, 5) is 28.4. The van der Waals surface area contributed by atoms with Gasteiger partial charge in [-0.05, 0) is 66.7 Å². The van der Waals surface area contributed by atoms with Gasteiger partial charge in [0.05, 0.1) is 16.7 Å². The van der Waals surface area contributed by atoms with Crippen LogP contribution in [0.15, 0.2) is 54.1 Å². The Hall–Kier alpha value is -1.54. The SMILES string of the molecule is C.C[C@]12C=CC(=O)C=C1[C@@H](F)C[C@H]1C3C[C@H]4CN(Cc5ccccc5)C[C@@]4(C(=O)SCCl)[C@@]3(C)C[C@H](O)[C@@]12F. The van der Waals surface area contributed by atoms with Crippen molar-refractivity contribution in [3.05, 3.63) is 59.7 Å². The molecule has 0 bridgehead atoms. The summed E-state index contributed by atoms with van der Waals surface area (Å²) in [6, 6.07) is 10.1. The highest BCUT2D eigenvalue weighted by atomic mass is 35.5. The van der Waals surface area contributed by atoms with E-state index >= 15 is 8.78 Å². The summed E-state index contributed by atoms with van der Waals surface area (Å²) in [6.07, 6.45) is 1.72. The average Bonchev–Trinajstić information content (AvgIpc) is 3.35. The minimum Gasteiger partial charge on any atom is -0.390 e. The number of halogens is 3. The highest BCUT2D eigenvalue weighted by Gasteiger charge is 2.78. The summed E-state index contributed by atoms with van der Waals surface area (Å²) in [6.45, 7) is 5.55. The molecule has 1 aromatic carbocycles. The third-order valence-electron chi connectivity index (χ3n) is 11.0. The van der Waals surface area contributed by atoms with Crippen LogP contribution in [0.2, 0.25) is 0 Å². The van der Waals surface area contributed by atoms with Crippen molar-refractivity contribution < 1.29 is 23.5 Å². The molecular formula is C31H38ClF2NO3S. The number of fused-ring (bicyclic) bond motifs is 7. The van der Waals surface area contributed by atoms with Crippen LogP contribution in [0.5, 0.6) is 0 Å². The lowest BCUT2D eigenvalue weighted by Gasteiger charge is -2.63. The number of aliphatic hydroxyl groups is 1. The lowest BCUT2D eigenvalue weighted by molar-refractivity contribution is -0.210. The van der Waals surface area contributed by atoms with E-state index in [2.05, 4.69) is 17.0 Å². The van der Waals surface area contributed by atoms with Crippen molar-refractivity contribution in [3.63, 3.8) is 0 Å². The van der Waals surface area contributed by atoms with Crippen molar-refractivity contribution in [1.29, 1.82) is 0 Å². The Morgan fingerprint density at radius 1 is 1.21 bits per heavy atom. The van der Waals surface area contributed by atoms with E-state index < -0.39 is 40.1 Å². The minimum atomic E-state index is -2.13. The van der Waals surface area contributed by atoms with Crippen molar-refractivity contribution in [2.45, 2.75) is 65.0 Å². The number of nitrogens with zero attached hydrogens (tertiary/aromatic N) is 1. The zero-order valence-electron chi connectivity index (χ0n) is 21.7. The molecule has 4 nitrogen and oxygen atoms in total. The Balaban J connectivity index is 0.00000308. The third-order valence-corrected chi connectivity index (χ3v) is 12.1. The predicted octanol–water partition coefficient (Wildman–Crippen LogP) is 6.13. The molecule has 1 N–H and O–H groups in total. The van der Waals surface area contributed by atoms with Crippen LogP contribution in [-0.4, -0.2) is 57.2 Å². The first-order valence-electron chi connectivity index (χ1n) is 13.5. The number of rotatable bonds is 4. The number of hydrogen-bond donors (Lipinski definition) is 1. The van der Waals surface area contributed by atoms with Crippen LogP contribution < -0.4 is 0 Å². The summed E-state index contributed by atoms with van der Waals surface area (Å²) in [5, 5.41) is 11.8. The normalized spacial score (nSPS) is 44.5. The summed E-state index contributed by atoms with van der Waals surface area (Å²) in [7, 11) is 0. The van der Waals surface area contributed by atoms with E-state index in [9.17, 15) is 14.7 Å². The number of ketones is 1. The van der Waals surface area contributed by atoms with Gasteiger partial charge < -0.3 is 5.11 Å². The average molecular weight is 578 g/mol. The molecule has 1 aromatic rings. The quantitative estimate of drug-likeness (QED) is 0.437. The lowest BCUT2D eigenvalue weighted by Crippen LogP contribution is -2.69. The van der Waals surface area contributed by atoms with Crippen molar-refractivity contribution in [2.75, 3.05) is 18.3 Å². The number of carbonyl (C=O) groups excluding carboxylic acids is 2.